The van der Waals surface area contributed by atoms with Gasteiger partial charge < -0.3 is 10.1 Å². The van der Waals surface area contributed by atoms with E-state index in [1.165, 1.54) is 37.0 Å². The van der Waals surface area contributed by atoms with Crippen LogP contribution in [0.15, 0.2) is 23.1 Å². The molecule has 1 unspecified atom stereocenters. The van der Waals surface area contributed by atoms with Gasteiger partial charge >= 0.3 is 0 Å². The van der Waals surface area contributed by atoms with Crippen molar-refractivity contribution in [3.8, 4) is 10.4 Å². The number of hydrogen-bond acceptors (Lipinski definition) is 6. The Kier molecular flexibility index (Phi) is 7.53. The van der Waals surface area contributed by atoms with Crippen molar-refractivity contribution in [1.82, 2.24) is 15.0 Å². The average molecular weight is 574 g/mol. The van der Waals surface area contributed by atoms with Gasteiger partial charge in [-0.05, 0) is 87.0 Å². The standard InChI is InChI=1S/C30H43N3O4S2/c1-28(2,3)21-17-19(9-10-23(21)39(35,36)33-29(4,5)6)25-24(22-18-30(22)13-7-8-14-30)32-27(38-25)26(34)31-20-11-15-37-16-12-20/h9-10,17,20,22,33H,7-8,11-16,18H2,1-6H3,(H,31,34). The SMILES string of the molecule is CC(C)(C)NS(=O)(=O)c1ccc(-c2sc(C(=O)NC3CCOCC3)nc2C2CC23CCCC3)cc1C(C)(C)C. The van der Waals surface area contributed by atoms with Crippen molar-refractivity contribution in [2.45, 2.75) is 114 Å². The van der Waals surface area contributed by atoms with Gasteiger partial charge in [-0.2, -0.15) is 0 Å². The fourth-order valence-corrected chi connectivity index (χ4v) is 9.12. The summed E-state index contributed by atoms with van der Waals surface area (Å²) in [4.78, 5) is 19.6. The van der Waals surface area contributed by atoms with Crippen LogP contribution in [0.5, 0.6) is 0 Å². The van der Waals surface area contributed by atoms with Gasteiger partial charge in [-0.25, -0.2) is 18.1 Å². The molecule has 0 radical (unpaired) electrons. The first-order valence-corrected chi connectivity index (χ1v) is 16.6. The molecule has 3 aliphatic rings. The molecule has 1 amide bonds. The second kappa shape index (κ2) is 10.2. The van der Waals surface area contributed by atoms with Gasteiger partial charge in [-0.1, -0.05) is 39.7 Å². The van der Waals surface area contributed by atoms with E-state index in [-0.39, 0.29) is 11.9 Å². The Morgan fingerprint density at radius 1 is 1.08 bits per heavy atom. The Hall–Kier alpha value is -1.81. The Labute approximate surface area is 237 Å². The molecule has 0 bridgehead atoms. The molecular formula is C30H43N3O4S2. The highest BCUT2D eigenvalue weighted by Gasteiger charge is 2.57. The van der Waals surface area contributed by atoms with Gasteiger partial charge in [0.05, 0.1) is 15.5 Å². The van der Waals surface area contributed by atoms with Crippen molar-refractivity contribution < 1.29 is 17.9 Å². The summed E-state index contributed by atoms with van der Waals surface area (Å²) >= 11 is 1.44. The largest absolute Gasteiger partial charge is 0.381 e. The van der Waals surface area contributed by atoms with Crippen molar-refractivity contribution in [1.29, 1.82) is 0 Å². The first kappa shape index (κ1) is 28.7. The van der Waals surface area contributed by atoms with E-state index in [1.54, 1.807) is 6.07 Å². The third-order valence-corrected chi connectivity index (χ3v) is 11.2. The molecule has 214 valence electrons. The molecule has 1 saturated heterocycles. The predicted molar refractivity (Wildman–Crippen MR) is 156 cm³/mol. The lowest BCUT2D eigenvalue weighted by Crippen LogP contribution is -2.41. The van der Waals surface area contributed by atoms with Crippen LogP contribution >= 0.6 is 11.3 Å². The van der Waals surface area contributed by atoms with Crippen LogP contribution < -0.4 is 10.0 Å². The van der Waals surface area contributed by atoms with Gasteiger partial charge in [-0.15, -0.1) is 11.3 Å². The van der Waals surface area contributed by atoms with Crippen LogP contribution in [0.1, 0.15) is 113 Å². The van der Waals surface area contributed by atoms with Gasteiger partial charge in [0.15, 0.2) is 5.01 Å². The summed E-state index contributed by atoms with van der Waals surface area (Å²) in [6.45, 7) is 13.0. The molecule has 1 aromatic carbocycles. The molecular weight excluding hydrogens is 530 g/mol. The minimum absolute atomic E-state index is 0.108. The quantitative estimate of drug-likeness (QED) is 0.433. The first-order chi connectivity index (χ1) is 18.2. The molecule has 2 saturated carbocycles. The minimum Gasteiger partial charge on any atom is -0.381 e. The summed E-state index contributed by atoms with van der Waals surface area (Å²) in [6, 6.07) is 5.75. The van der Waals surface area contributed by atoms with Gasteiger partial charge in [-0.3, -0.25) is 4.79 Å². The number of carbonyl (C=O) groups is 1. The number of aromatic nitrogens is 1. The van der Waals surface area contributed by atoms with Gasteiger partial charge in [0.25, 0.3) is 5.91 Å². The predicted octanol–water partition coefficient (Wildman–Crippen LogP) is 6.14. The molecule has 2 heterocycles. The number of hydrogen-bond donors (Lipinski definition) is 2. The van der Waals surface area contributed by atoms with E-state index < -0.39 is 21.0 Å². The second-order valence-electron chi connectivity index (χ2n) is 13.7. The highest BCUT2D eigenvalue weighted by Crippen LogP contribution is 2.68. The van der Waals surface area contributed by atoms with Crippen LogP contribution in [-0.2, 0) is 20.2 Å². The molecule has 5 rings (SSSR count). The maximum Gasteiger partial charge on any atom is 0.280 e. The van der Waals surface area contributed by atoms with Gasteiger partial charge in [0.1, 0.15) is 0 Å². The van der Waals surface area contributed by atoms with E-state index in [0.29, 0.717) is 34.4 Å². The number of amides is 1. The van der Waals surface area contributed by atoms with E-state index in [9.17, 15) is 13.2 Å². The van der Waals surface area contributed by atoms with Gasteiger partial charge in [0.2, 0.25) is 10.0 Å². The summed E-state index contributed by atoms with van der Waals surface area (Å²) in [6.07, 6.45) is 7.72. The molecule has 1 spiro atoms. The van der Waals surface area contributed by atoms with Gasteiger partial charge in [0, 0.05) is 30.7 Å². The topological polar surface area (TPSA) is 97.4 Å². The van der Waals surface area contributed by atoms with Crippen molar-refractivity contribution in [3.05, 3.63) is 34.5 Å². The lowest BCUT2D eigenvalue weighted by atomic mass is 9.85. The molecule has 1 aliphatic heterocycles. The fraction of sp³-hybridized carbons (Fsp3) is 0.667. The molecule has 2 aliphatic carbocycles. The smallest absolute Gasteiger partial charge is 0.280 e. The Balaban J connectivity index is 1.55. The lowest BCUT2D eigenvalue weighted by Gasteiger charge is -2.26. The molecule has 9 heteroatoms. The molecule has 2 aromatic rings. The summed E-state index contributed by atoms with van der Waals surface area (Å²) in [7, 11) is -3.72. The molecule has 7 nitrogen and oxygen atoms in total. The number of benzene rings is 1. The van der Waals surface area contributed by atoms with Crippen LogP contribution in [0.2, 0.25) is 0 Å². The second-order valence-corrected chi connectivity index (χ2v) is 16.4. The number of thiazole rings is 1. The average Bonchev–Trinajstić information content (AvgIpc) is 3.16. The fourth-order valence-electron chi connectivity index (χ4n) is 6.28. The highest BCUT2D eigenvalue weighted by atomic mass is 32.2. The number of rotatable bonds is 6. The maximum absolute atomic E-state index is 13.4. The van der Waals surface area contributed by atoms with Crippen molar-refractivity contribution >= 4 is 27.3 Å². The third kappa shape index (κ3) is 6.11. The first-order valence-electron chi connectivity index (χ1n) is 14.3. The number of nitrogens with one attached hydrogen (secondary N) is 2. The van der Waals surface area contributed by atoms with Crippen LogP contribution in [0.4, 0.5) is 0 Å². The van der Waals surface area contributed by atoms with E-state index in [1.807, 2.05) is 53.7 Å². The third-order valence-electron chi connectivity index (χ3n) is 8.30. The zero-order chi connectivity index (χ0) is 28.2. The molecule has 1 aromatic heterocycles. The summed E-state index contributed by atoms with van der Waals surface area (Å²) in [5.41, 5.74) is 2.04. The van der Waals surface area contributed by atoms with E-state index in [4.69, 9.17) is 9.72 Å². The zero-order valence-corrected chi connectivity index (χ0v) is 25.8. The van der Waals surface area contributed by atoms with Crippen molar-refractivity contribution in [3.63, 3.8) is 0 Å². The lowest BCUT2D eigenvalue weighted by molar-refractivity contribution is 0.0696. The molecule has 3 fully saturated rings. The molecule has 2 N–H and O–H groups in total. The minimum atomic E-state index is -3.72. The maximum atomic E-state index is 13.4. The normalized spacial score (nSPS) is 21.8. The number of carbonyl (C=O) groups excluding carboxylic acids is 1. The van der Waals surface area contributed by atoms with Crippen molar-refractivity contribution in [2.75, 3.05) is 13.2 Å². The summed E-state index contributed by atoms with van der Waals surface area (Å²) in [5.74, 6) is 0.241. The van der Waals surface area contributed by atoms with E-state index in [2.05, 4.69) is 10.0 Å². The van der Waals surface area contributed by atoms with E-state index in [0.717, 1.165) is 41.0 Å². The number of sulfonamides is 1. The van der Waals surface area contributed by atoms with Crippen LogP contribution in [0, 0.1) is 5.41 Å². The Morgan fingerprint density at radius 3 is 2.36 bits per heavy atom. The Bertz CT molecular complexity index is 1340. The van der Waals surface area contributed by atoms with Crippen molar-refractivity contribution in [2.24, 2.45) is 5.41 Å². The highest BCUT2D eigenvalue weighted by molar-refractivity contribution is 7.89. The van der Waals surface area contributed by atoms with Crippen LogP contribution in [0.3, 0.4) is 0 Å². The van der Waals surface area contributed by atoms with E-state index >= 15 is 0 Å². The molecule has 1 atom stereocenters. The number of ether oxygens (including phenoxy) is 1. The zero-order valence-electron chi connectivity index (χ0n) is 24.1. The monoisotopic (exact) mass is 573 g/mol. The number of nitrogens with zero attached hydrogens (tertiary/aromatic N) is 1. The Morgan fingerprint density at radius 2 is 1.74 bits per heavy atom. The molecule has 39 heavy (non-hydrogen) atoms. The summed E-state index contributed by atoms with van der Waals surface area (Å²) < 4.78 is 35.1. The van der Waals surface area contributed by atoms with Crippen LogP contribution in [0.25, 0.3) is 10.4 Å². The van der Waals surface area contributed by atoms with Crippen LogP contribution in [-0.4, -0.2) is 44.1 Å². The summed E-state index contributed by atoms with van der Waals surface area (Å²) in [5, 5.41) is 3.67.